The minimum absolute atomic E-state index is 0.0800. The van der Waals surface area contributed by atoms with Crippen LogP contribution in [0, 0.1) is 18.6 Å². The summed E-state index contributed by atoms with van der Waals surface area (Å²) in [5.74, 6) is -1.58. The maximum Gasteiger partial charge on any atom is 0.162 e. The Kier molecular flexibility index (Phi) is 5.32. The third-order valence-corrected chi connectivity index (χ3v) is 3.75. The number of hydrogen-bond donors (Lipinski definition) is 1. The van der Waals surface area contributed by atoms with Gasteiger partial charge in [-0.15, -0.1) is 0 Å². The van der Waals surface area contributed by atoms with E-state index in [1.807, 2.05) is 32.0 Å². The molecule has 0 saturated carbocycles. The van der Waals surface area contributed by atoms with Crippen LogP contribution in [0.25, 0.3) is 0 Å². The molecule has 2 aromatic rings. The lowest BCUT2D eigenvalue weighted by Gasteiger charge is -2.21. The molecule has 1 N–H and O–H groups in total. The first-order valence-corrected chi connectivity index (χ1v) is 7.33. The second kappa shape index (κ2) is 7.01. The molecule has 0 radical (unpaired) electrons. The van der Waals surface area contributed by atoms with Gasteiger partial charge in [-0.05, 0) is 54.8 Å². The van der Waals surface area contributed by atoms with E-state index >= 15 is 0 Å². The van der Waals surface area contributed by atoms with Crippen molar-refractivity contribution < 1.29 is 8.78 Å². The summed E-state index contributed by atoms with van der Waals surface area (Å²) in [5, 5.41) is 3.99. The standard InChI is InChI=1S/C17H18ClF2N/c1-3-21-16(14-8-7-13(18)9-11(14)2)10-12-5-4-6-15(19)17(12)20/h4-9,16,21H,3,10H2,1-2H3. The van der Waals surface area contributed by atoms with Crippen molar-refractivity contribution in [2.45, 2.75) is 26.3 Å². The lowest BCUT2D eigenvalue weighted by molar-refractivity contribution is 0.480. The molecule has 0 aliphatic rings. The normalized spacial score (nSPS) is 12.4. The van der Waals surface area contributed by atoms with Crippen LogP contribution in [0.2, 0.25) is 5.02 Å². The Balaban J connectivity index is 2.33. The summed E-state index contributed by atoms with van der Waals surface area (Å²) in [5.41, 5.74) is 2.45. The number of nitrogens with one attached hydrogen (secondary N) is 1. The molecule has 1 atom stereocenters. The number of benzene rings is 2. The van der Waals surface area contributed by atoms with Crippen molar-refractivity contribution in [3.8, 4) is 0 Å². The molecule has 0 amide bonds. The van der Waals surface area contributed by atoms with Gasteiger partial charge in [0.15, 0.2) is 11.6 Å². The number of likely N-dealkylation sites (N-methyl/N-ethyl adjacent to an activating group) is 1. The molecular weight excluding hydrogens is 292 g/mol. The summed E-state index contributed by atoms with van der Waals surface area (Å²) < 4.78 is 27.2. The Labute approximate surface area is 128 Å². The van der Waals surface area contributed by atoms with Gasteiger partial charge >= 0.3 is 0 Å². The lowest BCUT2D eigenvalue weighted by Crippen LogP contribution is -2.24. The molecule has 0 aromatic heterocycles. The summed E-state index contributed by atoms with van der Waals surface area (Å²) in [7, 11) is 0. The lowest BCUT2D eigenvalue weighted by atomic mass is 9.95. The van der Waals surface area contributed by atoms with E-state index in [1.165, 1.54) is 6.07 Å². The monoisotopic (exact) mass is 309 g/mol. The molecule has 0 fully saturated rings. The van der Waals surface area contributed by atoms with E-state index in [9.17, 15) is 8.78 Å². The second-order valence-corrected chi connectivity index (χ2v) is 5.46. The van der Waals surface area contributed by atoms with Crippen LogP contribution < -0.4 is 5.32 Å². The van der Waals surface area contributed by atoms with Gasteiger partial charge in [0.2, 0.25) is 0 Å². The van der Waals surface area contributed by atoms with Gasteiger partial charge in [0.1, 0.15) is 0 Å². The second-order valence-electron chi connectivity index (χ2n) is 5.03. The maximum atomic E-state index is 13.9. The fourth-order valence-electron chi connectivity index (χ4n) is 2.49. The van der Waals surface area contributed by atoms with Crippen molar-refractivity contribution in [1.82, 2.24) is 5.32 Å². The van der Waals surface area contributed by atoms with E-state index in [2.05, 4.69) is 5.32 Å². The molecule has 0 heterocycles. The average Bonchev–Trinajstić information content (AvgIpc) is 2.43. The Bertz CT molecular complexity index is 628. The van der Waals surface area contributed by atoms with Crippen LogP contribution >= 0.6 is 11.6 Å². The zero-order valence-electron chi connectivity index (χ0n) is 12.1. The first-order valence-electron chi connectivity index (χ1n) is 6.95. The van der Waals surface area contributed by atoms with E-state index in [0.29, 0.717) is 17.0 Å². The number of rotatable bonds is 5. The van der Waals surface area contributed by atoms with Crippen molar-refractivity contribution in [3.05, 3.63) is 69.7 Å². The smallest absolute Gasteiger partial charge is 0.162 e. The average molecular weight is 310 g/mol. The van der Waals surface area contributed by atoms with Crippen molar-refractivity contribution in [3.63, 3.8) is 0 Å². The van der Waals surface area contributed by atoms with Crippen LogP contribution in [0.1, 0.15) is 29.7 Å². The molecule has 0 bridgehead atoms. The highest BCUT2D eigenvalue weighted by Crippen LogP contribution is 2.26. The zero-order valence-corrected chi connectivity index (χ0v) is 12.8. The van der Waals surface area contributed by atoms with Crippen molar-refractivity contribution in [2.24, 2.45) is 0 Å². The van der Waals surface area contributed by atoms with Crippen molar-refractivity contribution in [2.75, 3.05) is 6.54 Å². The maximum absolute atomic E-state index is 13.9. The molecule has 21 heavy (non-hydrogen) atoms. The largest absolute Gasteiger partial charge is 0.310 e. The number of halogens is 3. The van der Waals surface area contributed by atoms with Gasteiger partial charge in [-0.2, -0.15) is 0 Å². The minimum atomic E-state index is -0.810. The molecule has 0 aliphatic heterocycles. The highest BCUT2D eigenvalue weighted by molar-refractivity contribution is 6.30. The topological polar surface area (TPSA) is 12.0 Å². The summed E-state index contributed by atoms with van der Waals surface area (Å²) in [6.07, 6.45) is 0.389. The van der Waals surface area contributed by atoms with Crippen molar-refractivity contribution >= 4 is 11.6 Å². The third-order valence-electron chi connectivity index (χ3n) is 3.51. The first kappa shape index (κ1) is 15.9. The Hall–Kier alpha value is -1.45. The number of aryl methyl sites for hydroxylation is 1. The number of hydrogen-bond acceptors (Lipinski definition) is 1. The SMILES string of the molecule is CCNC(Cc1cccc(F)c1F)c1ccc(Cl)cc1C. The fraction of sp³-hybridized carbons (Fsp3) is 0.294. The summed E-state index contributed by atoms with van der Waals surface area (Å²) >= 11 is 5.97. The van der Waals surface area contributed by atoms with Crippen LogP contribution in [-0.2, 0) is 6.42 Å². The van der Waals surface area contributed by atoms with Crippen LogP contribution in [0.5, 0.6) is 0 Å². The first-order chi connectivity index (χ1) is 10.0. The Morgan fingerprint density at radius 3 is 2.62 bits per heavy atom. The predicted molar refractivity (Wildman–Crippen MR) is 82.7 cm³/mol. The van der Waals surface area contributed by atoms with Crippen LogP contribution in [0.3, 0.4) is 0 Å². The van der Waals surface area contributed by atoms with Crippen LogP contribution in [0.4, 0.5) is 8.78 Å². The highest BCUT2D eigenvalue weighted by atomic mass is 35.5. The molecule has 4 heteroatoms. The van der Waals surface area contributed by atoms with Gasteiger partial charge < -0.3 is 5.32 Å². The molecule has 1 nitrogen and oxygen atoms in total. The Morgan fingerprint density at radius 2 is 1.95 bits per heavy atom. The Morgan fingerprint density at radius 1 is 1.19 bits per heavy atom. The summed E-state index contributed by atoms with van der Waals surface area (Å²) in [6, 6.07) is 9.83. The van der Waals surface area contributed by atoms with Gasteiger partial charge in [-0.25, -0.2) is 8.78 Å². The van der Waals surface area contributed by atoms with Crippen LogP contribution in [-0.4, -0.2) is 6.54 Å². The zero-order chi connectivity index (χ0) is 15.4. The van der Waals surface area contributed by atoms with Gasteiger partial charge in [-0.1, -0.05) is 36.7 Å². The van der Waals surface area contributed by atoms with Gasteiger partial charge in [0.05, 0.1) is 0 Å². The highest BCUT2D eigenvalue weighted by Gasteiger charge is 2.17. The van der Waals surface area contributed by atoms with Gasteiger partial charge in [0, 0.05) is 11.1 Å². The minimum Gasteiger partial charge on any atom is -0.310 e. The van der Waals surface area contributed by atoms with E-state index in [4.69, 9.17) is 11.6 Å². The van der Waals surface area contributed by atoms with E-state index < -0.39 is 11.6 Å². The third kappa shape index (κ3) is 3.80. The van der Waals surface area contributed by atoms with Gasteiger partial charge in [-0.3, -0.25) is 0 Å². The quantitative estimate of drug-likeness (QED) is 0.835. The predicted octanol–water partition coefficient (Wildman–Crippen LogP) is 4.82. The molecule has 1 unspecified atom stereocenters. The molecule has 0 spiro atoms. The molecular formula is C17H18ClF2N. The molecule has 2 aromatic carbocycles. The molecule has 112 valence electrons. The van der Waals surface area contributed by atoms with Crippen molar-refractivity contribution in [1.29, 1.82) is 0 Å². The molecule has 0 aliphatic carbocycles. The molecule has 0 saturated heterocycles. The summed E-state index contributed by atoms with van der Waals surface area (Å²) in [6.45, 7) is 4.69. The van der Waals surface area contributed by atoms with E-state index in [0.717, 1.165) is 23.7 Å². The van der Waals surface area contributed by atoms with Gasteiger partial charge in [0.25, 0.3) is 0 Å². The van der Waals surface area contributed by atoms with E-state index in [-0.39, 0.29) is 6.04 Å². The summed E-state index contributed by atoms with van der Waals surface area (Å²) in [4.78, 5) is 0. The van der Waals surface area contributed by atoms with Crippen LogP contribution in [0.15, 0.2) is 36.4 Å². The fourth-order valence-corrected chi connectivity index (χ4v) is 2.72. The van der Waals surface area contributed by atoms with E-state index in [1.54, 1.807) is 6.07 Å². The molecule has 2 rings (SSSR count).